The number of amides is 2. The van der Waals surface area contributed by atoms with E-state index in [0.29, 0.717) is 23.7 Å². The third-order valence-corrected chi connectivity index (χ3v) is 6.31. The number of nitrogens with one attached hydrogen (secondary N) is 2. The molecule has 2 N–H and O–H groups in total. The van der Waals surface area contributed by atoms with E-state index in [1.165, 1.54) is 47.4 Å². The van der Waals surface area contributed by atoms with Crippen LogP contribution < -0.4 is 16.2 Å². The summed E-state index contributed by atoms with van der Waals surface area (Å²) >= 11 is 1.48. The average molecular weight is 425 g/mol. The first kappa shape index (κ1) is 20.3. The predicted molar refractivity (Wildman–Crippen MR) is 117 cm³/mol. The zero-order valence-corrected chi connectivity index (χ0v) is 17.4. The first-order valence-electron chi connectivity index (χ1n) is 10.2. The molecular weight excluding hydrogens is 400 g/mol. The van der Waals surface area contributed by atoms with E-state index in [0.717, 1.165) is 17.7 Å². The lowest BCUT2D eigenvalue weighted by atomic mass is 9.89. The summed E-state index contributed by atoms with van der Waals surface area (Å²) in [6, 6.07) is 7.04. The van der Waals surface area contributed by atoms with Crippen LogP contribution in [0.2, 0.25) is 0 Å². The van der Waals surface area contributed by atoms with Gasteiger partial charge in [0.05, 0.1) is 18.2 Å². The molecule has 2 amide bonds. The van der Waals surface area contributed by atoms with Crippen molar-refractivity contribution in [2.45, 2.75) is 38.5 Å². The summed E-state index contributed by atoms with van der Waals surface area (Å²) in [6.45, 7) is 0.656. The molecule has 1 aliphatic carbocycles. The van der Waals surface area contributed by atoms with E-state index in [1.54, 1.807) is 12.1 Å². The highest BCUT2D eigenvalue weighted by Gasteiger charge is 2.16. The van der Waals surface area contributed by atoms with Gasteiger partial charge in [-0.15, -0.1) is 11.3 Å². The minimum absolute atomic E-state index is 0.0915. The molecule has 0 bridgehead atoms. The molecule has 0 saturated heterocycles. The second-order valence-corrected chi connectivity index (χ2v) is 8.67. The van der Waals surface area contributed by atoms with Crippen molar-refractivity contribution in [2.24, 2.45) is 5.92 Å². The predicted octanol–water partition coefficient (Wildman–Crippen LogP) is 3.25. The molecule has 0 spiro atoms. The van der Waals surface area contributed by atoms with Gasteiger partial charge < -0.3 is 10.6 Å². The van der Waals surface area contributed by atoms with Gasteiger partial charge >= 0.3 is 0 Å². The molecule has 0 radical (unpaired) electrons. The molecule has 1 fully saturated rings. The minimum atomic E-state index is -0.415. The van der Waals surface area contributed by atoms with Crippen LogP contribution in [0, 0.1) is 5.92 Å². The number of anilines is 1. The lowest BCUT2D eigenvalue weighted by Gasteiger charge is -2.21. The summed E-state index contributed by atoms with van der Waals surface area (Å²) in [5.74, 6) is 0.0388. The van der Waals surface area contributed by atoms with Gasteiger partial charge in [-0.3, -0.25) is 18.8 Å². The van der Waals surface area contributed by atoms with Gasteiger partial charge in [-0.2, -0.15) is 0 Å². The van der Waals surface area contributed by atoms with Crippen LogP contribution in [0.3, 0.4) is 0 Å². The zero-order valence-electron chi connectivity index (χ0n) is 16.6. The average Bonchev–Trinajstić information content (AvgIpc) is 3.27. The molecule has 8 heteroatoms. The maximum Gasteiger partial charge on any atom is 0.281 e. The largest absolute Gasteiger partial charge is 0.352 e. The number of hydrogen-bond acceptors (Lipinski definition) is 5. The maximum absolute atomic E-state index is 12.8. The molecule has 1 aliphatic rings. The second kappa shape index (κ2) is 9.21. The van der Waals surface area contributed by atoms with Gasteiger partial charge in [0.2, 0.25) is 5.91 Å². The molecule has 0 atom stereocenters. The van der Waals surface area contributed by atoms with E-state index in [2.05, 4.69) is 15.6 Å². The van der Waals surface area contributed by atoms with Gasteiger partial charge in [0, 0.05) is 17.6 Å². The summed E-state index contributed by atoms with van der Waals surface area (Å²) in [7, 11) is 0. The second-order valence-electron chi connectivity index (χ2n) is 7.64. The highest BCUT2D eigenvalue weighted by molar-refractivity contribution is 7.10. The molecule has 7 nitrogen and oxygen atoms in total. The van der Waals surface area contributed by atoms with Crippen LogP contribution in [0.15, 0.2) is 46.8 Å². The number of nitrogens with zero attached hydrogens (tertiary/aromatic N) is 2. The highest BCUT2D eigenvalue weighted by Crippen LogP contribution is 2.22. The molecule has 3 aromatic heterocycles. The van der Waals surface area contributed by atoms with Gasteiger partial charge in [-0.25, -0.2) is 4.98 Å². The SMILES string of the molecule is O=C(Cc1cccs1)Nc1cnc2ccc(C(=O)NCC3CCCCC3)cn2c1=O. The number of pyridine rings is 1. The molecule has 3 heterocycles. The van der Waals surface area contributed by atoms with E-state index in [9.17, 15) is 14.4 Å². The smallest absolute Gasteiger partial charge is 0.281 e. The quantitative estimate of drug-likeness (QED) is 0.635. The fourth-order valence-electron chi connectivity index (χ4n) is 3.79. The number of hydrogen-bond donors (Lipinski definition) is 2. The minimum Gasteiger partial charge on any atom is -0.352 e. The molecule has 1 saturated carbocycles. The van der Waals surface area contributed by atoms with Crippen molar-refractivity contribution in [1.82, 2.24) is 14.7 Å². The number of carbonyl (C=O) groups excluding carboxylic acids is 2. The molecule has 0 unspecified atom stereocenters. The van der Waals surface area contributed by atoms with Crippen molar-refractivity contribution < 1.29 is 9.59 Å². The number of fused-ring (bicyclic) bond motifs is 1. The van der Waals surface area contributed by atoms with Crippen molar-refractivity contribution in [3.8, 4) is 0 Å². The number of aromatic nitrogens is 2. The maximum atomic E-state index is 12.8. The Morgan fingerprint density at radius 1 is 1.17 bits per heavy atom. The van der Waals surface area contributed by atoms with Crippen LogP contribution in [0.5, 0.6) is 0 Å². The Hall–Kier alpha value is -3.00. The number of thiophene rings is 1. The lowest BCUT2D eigenvalue weighted by molar-refractivity contribution is -0.115. The van der Waals surface area contributed by atoms with Gasteiger partial charge in [0.1, 0.15) is 11.3 Å². The Morgan fingerprint density at radius 3 is 2.77 bits per heavy atom. The Labute approximate surface area is 178 Å². The van der Waals surface area contributed by atoms with E-state index in [1.807, 2.05) is 17.5 Å². The van der Waals surface area contributed by atoms with Crippen LogP contribution in [-0.4, -0.2) is 27.7 Å². The number of carbonyl (C=O) groups is 2. The third kappa shape index (κ3) is 4.76. The van der Waals surface area contributed by atoms with Crippen molar-refractivity contribution in [3.05, 3.63) is 62.8 Å². The summed E-state index contributed by atoms with van der Waals surface area (Å²) in [5, 5.41) is 7.51. The van der Waals surface area contributed by atoms with Crippen LogP contribution in [0.1, 0.15) is 47.3 Å². The molecule has 3 aromatic rings. The van der Waals surface area contributed by atoms with Crippen molar-refractivity contribution >= 4 is 34.5 Å². The molecule has 0 aromatic carbocycles. The summed E-state index contributed by atoms with van der Waals surface area (Å²) in [6.07, 6.45) is 9.05. The van der Waals surface area contributed by atoms with Crippen molar-refractivity contribution in [1.29, 1.82) is 0 Å². The summed E-state index contributed by atoms with van der Waals surface area (Å²) in [5.41, 5.74) is 0.486. The van der Waals surface area contributed by atoms with Crippen LogP contribution in [-0.2, 0) is 11.2 Å². The van der Waals surface area contributed by atoms with Crippen LogP contribution >= 0.6 is 11.3 Å². The first-order chi connectivity index (χ1) is 14.6. The summed E-state index contributed by atoms with van der Waals surface area (Å²) in [4.78, 5) is 42.8. The molecule has 0 aliphatic heterocycles. The number of rotatable bonds is 6. The van der Waals surface area contributed by atoms with Crippen LogP contribution in [0.4, 0.5) is 5.69 Å². The molecule has 4 rings (SSSR count). The van der Waals surface area contributed by atoms with E-state index < -0.39 is 5.56 Å². The topological polar surface area (TPSA) is 92.6 Å². The van der Waals surface area contributed by atoms with Gasteiger partial charge in [0.25, 0.3) is 11.5 Å². The van der Waals surface area contributed by atoms with E-state index >= 15 is 0 Å². The van der Waals surface area contributed by atoms with Gasteiger partial charge in [-0.1, -0.05) is 25.3 Å². The Balaban J connectivity index is 1.48. The third-order valence-electron chi connectivity index (χ3n) is 5.43. The van der Waals surface area contributed by atoms with Crippen molar-refractivity contribution in [3.63, 3.8) is 0 Å². The summed E-state index contributed by atoms with van der Waals surface area (Å²) < 4.78 is 1.30. The lowest BCUT2D eigenvalue weighted by Crippen LogP contribution is -2.31. The fraction of sp³-hybridized carbons (Fsp3) is 0.364. The normalized spacial score (nSPS) is 14.5. The Kier molecular flexibility index (Phi) is 6.23. The van der Waals surface area contributed by atoms with Gasteiger partial charge in [0.15, 0.2) is 0 Å². The van der Waals surface area contributed by atoms with Gasteiger partial charge in [-0.05, 0) is 42.3 Å². The van der Waals surface area contributed by atoms with E-state index in [4.69, 9.17) is 0 Å². The zero-order chi connectivity index (χ0) is 20.9. The Bertz CT molecular complexity index is 1100. The van der Waals surface area contributed by atoms with E-state index in [-0.39, 0.29) is 23.9 Å². The molecular formula is C22H24N4O3S. The standard InChI is InChI=1S/C22H24N4O3S/c27-20(11-17-7-4-10-30-17)25-18-13-23-19-9-8-16(14-26(19)22(18)29)21(28)24-12-15-5-2-1-3-6-15/h4,7-10,13-15H,1-3,5-6,11-12H2,(H,24,28)(H,25,27). The van der Waals surface area contributed by atoms with Crippen molar-refractivity contribution in [2.75, 3.05) is 11.9 Å². The highest BCUT2D eigenvalue weighted by atomic mass is 32.1. The van der Waals surface area contributed by atoms with Crippen LogP contribution in [0.25, 0.3) is 5.65 Å². The molecule has 30 heavy (non-hydrogen) atoms. The fourth-order valence-corrected chi connectivity index (χ4v) is 4.50. The first-order valence-corrected chi connectivity index (χ1v) is 11.1. The molecule has 156 valence electrons. The monoisotopic (exact) mass is 424 g/mol. The Morgan fingerprint density at radius 2 is 2.00 bits per heavy atom.